The average Bonchev–Trinajstić information content (AvgIpc) is 2.68. The smallest absolute Gasteiger partial charge is 0.414 e. The second-order valence-electron chi connectivity index (χ2n) is 5.76. The maximum Gasteiger partial charge on any atom is 0.414 e. The molecule has 0 heterocycles. The highest BCUT2D eigenvalue weighted by molar-refractivity contribution is 9.11. The van der Waals surface area contributed by atoms with Crippen molar-refractivity contribution in [3.05, 3.63) is 62.5 Å². The lowest BCUT2D eigenvalue weighted by Crippen LogP contribution is -2.35. The lowest BCUT2D eigenvalue weighted by Gasteiger charge is -2.27. The molecule has 0 aromatic heterocycles. The number of ether oxygens (including phenoxy) is 2. The van der Waals surface area contributed by atoms with Crippen LogP contribution in [0.5, 0.6) is 5.75 Å². The van der Waals surface area contributed by atoms with Crippen molar-refractivity contribution in [3.8, 4) is 5.75 Å². The molecule has 0 radical (unpaired) electrons. The summed E-state index contributed by atoms with van der Waals surface area (Å²) in [5.74, 6) is -0.768. The molecule has 7 nitrogen and oxygen atoms in total. The molecule has 2 atom stereocenters. The van der Waals surface area contributed by atoms with Crippen molar-refractivity contribution in [2.24, 2.45) is 0 Å². The van der Waals surface area contributed by atoms with Crippen LogP contribution in [0.1, 0.15) is 28.4 Å². The zero-order chi connectivity index (χ0) is 20.7. The number of phenolic OH excluding ortho intramolecular Hbond substituents is 1. The standard InChI is InChI=1S/C19H19Br2NO6/c1-27-15(7-8-23)17(13-9-12(20)10-14(21)16(13)24)28-19(26)22-18(25)11-5-3-2-4-6-11/h2-6,9-10,15,17,23-24H,7-8H2,1H3,(H,22,25,26)/t15-,17-/m0/s1. The molecule has 2 aromatic rings. The van der Waals surface area contributed by atoms with Gasteiger partial charge in [-0.2, -0.15) is 0 Å². The van der Waals surface area contributed by atoms with Gasteiger partial charge in [-0.15, -0.1) is 0 Å². The van der Waals surface area contributed by atoms with Gasteiger partial charge in [0, 0.05) is 35.7 Å². The summed E-state index contributed by atoms with van der Waals surface area (Å²) >= 11 is 6.55. The zero-order valence-electron chi connectivity index (χ0n) is 14.9. The number of amides is 2. The van der Waals surface area contributed by atoms with E-state index < -0.39 is 24.2 Å². The Balaban J connectivity index is 2.27. The monoisotopic (exact) mass is 515 g/mol. The van der Waals surface area contributed by atoms with E-state index in [1.54, 1.807) is 42.5 Å². The minimum atomic E-state index is -1.07. The van der Waals surface area contributed by atoms with Crippen LogP contribution in [-0.2, 0) is 9.47 Å². The van der Waals surface area contributed by atoms with E-state index in [4.69, 9.17) is 9.47 Å². The number of carbonyl (C=O) groups is 2. The van der Waals surface area contributed by atoms with E-state index in [0.717, 1.165) is 0 Å². The number of aromatic hydroxyl groups is 1. The Bertz CT molecular complexity index is 831. The van der Waals surface area contributed by atoms with E-state index in [9.17, 15) is 19.8 Å². The number of phenols is 1. The number of nitrogens with one attached hydrogen (secondary N) is 1. The Labute approximate surface area is 178 Å². The molecule has 0 aliphatic carbocycles. The summed E-state index contributed by atoms with van der Waals surface area (Å²) in [6, 6.07) is 11.4. The molecule has 0 unspecified atom stereocenters. The van der Waals surface area contributed by atoms with Crippen LogP contribution in [0, 0.1) is 0 Å². The maximum absolute atomic E-state index is 12.3. The first-order chi connectivity index (χ1) is 13.4. The Morgan fingerprint density at radius 3 is 2.46 bits per heavy atom. The van der Waals surface area contributed by atoms with Crippen LogP contribution in [0.2, 0.25) is 0 Å². The molecule has 0 aliphatic rings. The van der Waals surface area contributed by atoms with Gasteiger partial charge in [0.05, 0.1) is 4.47 Å². The fraction of sp³-hybridized carbons (Fsp3) is 0.263. The van der Waals surface area contributed by atoms with Crippen molar-refractivity contribution in [1.82, 2.24) is 5.32 Å². The Kier molecular flexibility index (Phi) is 8.43. The fourth-order valence-corrected chi connectivity index (χ4v) is 3.82. The van der Waals surface area contributed by atoms with Crippen LogP contribution in [-0.4, -0.2) is 42.0 Å². The first kappa shape index (κ1) is 22.4. The first-order valence-corrected chi connectivity index (χ1v) is 9.84. The predicted octanol–water partition coefficient (Wildman–Crippen LogP) is 3.92. The third-order valence-electron chi connectivity index (χ3n) is 3.90. The van der Waals surface area contributed by atoms with Crippen molar-refractivity contribution in [1.29, 1.82) is 0 Å². The number of aliphatic hydroxyl groups excluding tert-OH is 1. The number of alkyl carbamates (subject to hydrolysis) is 1. The van der Waals surface area contributed by atoms with Crippen LogP contribution < -0.4 is 5.32 Å². The zero-order valence-corrected chi connectivity index (χ0v) is 18.1. The molecule has 2 aromatic carbocycles. The molecule has 0 aliphatic heterocycles. The average molecular weight is 517 g/mol. The molecule has 0 saturated heterocycles. The van der Waals surface area contributed by atoms with Gasteiger partial charge in [-0.05, 0) is 40.2 Å². The van der Waals surface area contributed by atoms with Crippen LogP contribution in [0.4, 0.5) is 4.79 Å². The van der Waals surface area contributed by atoms with Crippen LogP contribution >= 0.6 is 31.9 Å². The van der Waals surface area contributed by atoms with Crippen molar-refractivity contribution < 1.29 is 29.3 Å². The van der Waals surface area contributed by atoms with Gasteiger partial charge < -0.3 is 19.7 Å². The summed E-state index contributed by atoms with van der Waals surface area (Å²) in [6.45, 7) is -0.223. The van der Waals surface area contributed by atoms with Crippen molar-refractivity contribution in [2.45, 2.75) is 18.6 Å². The molecule has 0 saturated carbocycles. The molecule has 2 rings (SSSR count). The second kappa shape index (κ2) is 10.6. The SMILES string of the molecule is CO[C@@H](CCO)[C@@H](OC(=O)NC(=O)c1ccccc1)c1cc(Br)cc(Br)c1O. The second-order valence-corrected chi connectivity index (χ2v) is 7.53. The van der Waals surface area contributed by atoms with Gasteiger partial charge in [-0.1, -0.05) is 34.1 Å². The number of benzene rings is 2. The summed E-state index contributed by atoms with van der Waals surface area (Å²) in [5.41, 5.74) is 0.548. The number of rotatable bonds is 7. The number of hydrogen-bond donors (Lipinski definition) is 3. The highest BCUT2D eigenvalue weighted by Crippen LogP contribution is 2.39. The van der Waals surface area contributed by atoms with Gasteiger partial charge in [-0.25, -0.2) is 4.79 Å². The summed E-state index contributed by atoms with van der Waals surface area (Å²) < 4.78 is 11.8. The number of methoxy groups -OCH3 is 1. The van der Waals surface area contributed by atoms with E-state index in [-0.39, 0.29) is 24.3 Å². The molecule has 150 valence electrons. The summed E-state index contributed by atoms with van der Waals surface area (Å²) in [4.78, 5) is 24.5. The third-order valence-corrected chi connectivity index (χ3v) is 4.97. The molecule has 9 heteroatoms. The van der Waals surface area contributed by atoms with Gasteiger partial charge in [0.1, 0.15) is 11.9 Å². The maximum atomic E-state index is 12.3. The van der Waals surface area contributed by atoms with Crippen LogP contribution in [0.25, 0.3) is 0 Å². The molecule has 2 amide bonds. The van der Waals surface area contributed by atoms with E-state index in [2.05, 4.69) is 37.2 Å². The number of aliphatic hydroxyl groups is 1. The van der Waals surface area contributed by atoms with Gasteiger partial charge in [0.25, 0.3) is 5.91 Å². The highest BCUT2D eigenvalue weighted by Gasteiger charge is 2.31. The van der Waals surface area contributed by atoms with Crippen LogP contribution in [0.3, 0.4) is 0 Å². The quantitative estimate of drug-likeness (QED) is 0.515. The topological polar surface area (TPSA) is 105 Å². The molecule has 3 N–H and O–H groups in total. The number of halogens is 2. The van der Waals surface area contributed by atoms with Gasteiger partial charge >= 0.3 is 6.09 Å². The summed E-state index contributed by atoms with van der Waals surface area (Å²) in [7, 11) is 1.40. The largest absolute Gasteiger partial charge is 0.506 e. The van der Waals surface area contributed by atoms with Gasteiger partial charge in [0.2, 0.25) is 0 Å². The number of imide groups is 1. The number of hydrogen-bond acceptors (Lipinski definition) is 6. The van der Waals surface area contributed by atoms with Gasteiger partial charge in [-0.3, -0.25) is 10.1 Å². The van der Waals surface area contributed by atoms with Crippen molar-refractivity contribution in [2.75, 3.05) is 13.7 Å². The minimum absolute atomic E-state index is 0.143. The summed E-state index contributed by atoms with van der Waals surface area (Å²) in [5, 5.41) is 21.9. The molecule has 0 bridgehead atoms. The fourth-order valence-electron chi connectivity index (χ4n) is 2.56. The molecular formula is C19H19Br2NO6. The Morgan fingerprint density at radius 2 is 1.86 bits per heavy atom. The lowest BCUT2D eigenvalue weighted by atomic mass is 10.0. The molecule has 0 fully saturated rings. The normalized spacial score (nSPS) is 12.9. The van der Waals surface area contributed by atoms with E-state index in [1.807, 2.05) is 0 Å². The van der Waals surface area contributed by atoms with Crippen molar-refractivity contribution in [3.63, 3.8) is 0 Å². The van der Waals surface area contributed by atoms with Crippen LogP contribution in [0.15, 0.2) is 51.4 Å². The third kappa shape index (κ3) is 5.78. The first-order valence-electron chi connectivity index (χ1n) is 8.26. The number of carbonyl (C=O) groups excluding carboxylic acids is 2. The lowest BCUT2D eigenvalue weighted by molar-refractivity contribution is -0.0346. The molecule has 28 heavy (non-hydrogen) atoms. The van der Waals surface area contributed by atoms with E-state index >= 15 is 0 Å². The molecular weight excluding hydrogens is 498 g/mol. The van der Waals surface area contributed by atoms with Crippen molar-refractivity contribution >= 4 is 43.9 Å². The molecule has 0 spiro atoms. The minimum Gasteiger partial charge on any atom is -0.506 e. The Hall–Kier alpha value is -1.94. The van der Waals surface area contributed by atoms with Gasteiger partial charge in [0.15, 0.2) is 6.10 Å². The highest BCUT2D eigenvalue weighted by atomic mass is 79.9. The Morgan fingerprint density at radius 1 is 1.18 bits per heavy atom. The predicted molar refractivity (Wildman–Crippen MR) is 109 cm³/mol. The van der Waals surface area contributed by atoms with E-state index in [1.165, 1.54) is 7.11 Å². The van der Waals surface area contributed by atoms with E-state index in [0.29, 0.717) is 14.5 Å². The summed E-state index contributed by atoms with van der Waals surface area (Å²) in [6.07, 6.45) is -2.69.